The Kier molecular flexibility index (Phi) is 12.3. The zero-order valence-electron chi connectivity index (χ0n) is 21.0. The molecule has 32 heavy (non-hydrogen) atoms. The van der Waals surface area contributed by atoms with E-state index < -0.39 is 0 Å². The summed E-state index contributed by atoms with van der Waals surface area (Å²) in [5, 5.41) is 4.41. The number of amides is 1. The maximum Gasteiger partial charge on any atom is 0.238 e. The van der Waals surface area contributed by atoms with Crippen molar-refractivity contribution >= 4 is 22.5 Å². The van der Waals surface area contributed by atoms with E-state index in [0.29, 0.717) is 6.54 Å². The smallest absolute Gasteiger partial charge is 0.238 e. The Labute approximate surface area is 196 Å². The molecule has 0 saturated carbocycles. The number of nitrogens with one attached hydrogen (secondary N) is 1. The molecule has 0 aliphatic rings. The molecule has 0 bridgehead atoms. The molecule has 0 fully saturated rings. The van der Waals surface area contributed by atoms with E-state index in [0.717, 1.165) is 80.3 Å². The topological polar surface area (TPSA) is 45.2 Å². The highest BCUT2D eigenvalue weighted by atomic mass is 16.2. The minimum Gasteiger partial charge on any atom is -0.324 e. The van der Waals surface area contributed by atoms with E-state index in [9.17, 15) is 4.79 Å². The molecule has 0 saturated heterocycles. The molecule has 2 rings (SSSR count). The Hall–Kier alpha value is -1.94. The van der Waals surface area contributed by atoms with Crippen molar-refractivity contribution in [1.82, 2.24) is 9.88 Å². The van der Waals surface area contributed by atoms with Crippen molar-refractivity contribution in [1.29, 1.82) is 0 Å². The maximum absolute atomic E-state index is 13.2. The van der Waals surface area contributed by atoms with E-state index in [1.165, 1.54) is 31.2 Å². The van der Waals surface area contributed by atoms with E-state index in [4.69, 9.17) is 4.98 Å². The molecule has 0 aliphatic heterocycles. The Balaban J connectivity index is 2.27. The van der Waals surface area contributed by atoms with Crippen LogP contribution in [-0.4, -0.2) is 35.4 Å². The summed E-state index contributed by atoms with van der Waals surface area (Å²) in [5.74, 6) is 0.105. The van der Waals surface area contributed by atoms with Gasteiger partial charge in [0.05, 0.1) is 17.7 Å². The summed E-state index contributed by atoms with van der Waals surface area (Å²) in [6.07, 6.45) is 12.4. The highest BCUT2D eigenvalue weighted by molar-refractivity contribution is 6.03. The minimum atomic E-state index is 0.105. The number of hydrogen-bond donors (Lipinski definition) is 1. The summed E-state index contributed by atoms with van der Waals surface area (Å²) in [7, 11) is 0. The first kappa shape index (κ1) is 26.3. The molecule has 0 aliphatic carbocycles. The van der Waals surface area contributed by atoms with E-state index in [1.54, 1.807) is 0 Å². The Morgan fingerprint density at radius 2 is 1.50 bits per heavy atom. The quantitative estimate of drug-likeness (QED) is 0.282. The van der Waals surface area contributed by atoms with Gasteiger partial charge in [0.15, 0.2) is 0 Å². The fourth-order valence-electron chi connectivity index (χ4n) is 4.34. The van der Waals surface area contributed by atoms with E-state index in [2.05, 4.69) is 50.0 Å². The van der Waals surface area contributed by atoms with Crippen LogP contribution in [-0.2, 0) is 17.6 Å². The number of aromatic nitrogens is 1. The van der Waals surface area contributed by atoms with Crippen LogP contribution in [0.3, 0.4) is 0 Å². The van der Waals surface area contributed by atoms with Gasteiger partial charge in [-0.05, 0) is 56.8 Å². The van der Waals surface area contributed by atoms with Gasteiger partial charge in [-0.1, -0.05) is 84.4 Å². The molecule has 1 aromatic heterocycles. The van der Waals surface area contributed by atoms with Crippen LogP contribution >= 0.6 is 0 Å². The van der Waals surface area contributed by atoms with Gasteiger partial charge >= 0.3 is 0 Å². The number of aryl methyl sites for hydroxylation is 1. The largest absolute Gasteiger partial charge is 0.324 e. The molecule has 178 valence electrons. The lowest BCUT2D eigenvalue weighted by Crippen LogP contribution is -2.35. The van der Waals surface area contributed by atoms with Gasteiger partial charge in [-0.25, -0.2) is 0 Å². The molecule has 4 nitrogen and oxygen atoms in total. The fourth-order valence-corrected chi connectivity index (χ4v) is 4.34. The lowest BCUT2D eigenvalue weighted by molar-refractivity contribution is -0.117. The van der Waals surface area contributed by atoms with Crippen molar-refractivity contribution < 1.29 is 4.79 Å². The molecule has 1 heterocycles. The number of para-hydroxylation sites is 1. The van der Waals surface area contributed by atoms with Crippen LogP contribution in [0.5, 0.6) is 0 Å². The predicted molar refractivity (Wildman–Crippen MR) is 138 cm³/mol. The highest BCUT2D eigenvalue weighted by Crippen LogP contribution is 2.30. The van der Waals surface area contributed by atoms with Gasteiger partial charge in [-0.3, -0.25) is 14.7 Å². The Bertz CT molecular complexity index is 808. The second kappa shape index (κ2) is 15.0. The van der Waals surface area contributed by atoms with Gasteiger partial charge in [-0.15, -0.1) is 0 Å². The Morgan fingerprint density at radius 3 is 2.12 bits per heavy atom. The first-order valence-electron chi connectivity index (χ1n) is 13.1. The van der Waals surface area contributed by atoms with Crippen molar-refractivity contribution in [2.75, 3.05) is 25.0 Å². The lowest BCUT2D eigenvalue weighted by atomic mass is 9.98. The molecule has 0 atom stereocenters. The standard InChI is InChI=1S/C28H45N3O/c1-5-9-14-20-31(21-15-10-6-2)22-27(32)30-28-23(16-8-4)25(18-11-7-3)29-26-19-13-12-17-24(26)28/h12-13,17,19H,5-11,14-16,18,20-22H2,1-4H3,(H,29,30,32). The first-order chi connectivity index (χ1) is 15.6. The molecular formula is C28H45N3O. The van der Waals surface area contributed by atoms with Gasteiger partial charge in [-0.2, -0.15) is 0 Å². The van der Waals surface area contributed by atoms with Crippen LogP contribution in [0, 0.1) is 0 Å². The number of unbranched alkanes of at least 4 members (excludes halogenated alkanes) is 5. The summed E-state index contributed by atoms with van der Waals surface area (Å²) in [4.78, 5) is 20.6. The minimum absolute atomic E-state index is 0.105. The number of anilines is 1. The van der Waals surface area contributed by atoms with E-state index in [-0.39, 0.29) is 5.91 Å². The average Bonchev–Trinajstić information content (AvgIpc) is 2.79. The molecule has 1 amide bonds. The van der Waals surface area contributed by atoms with Crippen LogP contribution < -0.4 is 5.32 Å². The normalized spacial score (nSPS) is 11.4. The average molecular weight is 440 g/mol. The predicted octanol–water partition coefficient (Wildman–Crippen LogP) is 7.15. The van der Waals surface area contributed by atoms with Gasteiger partial charge in [0.2, 0.25) is 5.91 Å². The molecule has 1 N–H and O–H groups in total. The monoisotopic (exact) mass is 439 g/mol. The van der Waals surface area contributed by atoms with Gasteiger partial charge in [0.1, 0.15) is 0 Å². The van der Waals surface area contributed by atoms with Crippen molar-refractivity contribution in [2.24, 2.45) is 0 Å². The number of pyridine rings is 1. The molecule has 0 spiro atoms. The highest BCUT2D eigenvalue weighted by Gasteiger charge is 2.18. The maximum atomic E-state index is 13.2. The van der Waals surface area contributed by atoms with Gasteiger partial charge in [0.25, 0.3) is 0 Å². The number of rotatable bonds is 16. The molecule has 2 aromatic rings. The van der Waals surface area contributed by atoms with Crippen molar-refractivity contribution in [3.8, 4) is 0 Å². The summed E-state index contributed by atoms with van der Waals surface area (Å²) in [6.45, 7) is 11.4. The van der Waals surface area contributed by atoms with Crippen molar-refractivity contribution in [2.45, 2.75) is 98.3 Å². The van der Waals surface area contributed by atoms with Gasteiger partial charge in [0, 0.05) is 11.1 Å². The second-order valence-corrected chi connectivity index (χ2v) is 9.02. The third kappa shape index (κ3) is 8.20. The lowest BCUT2D eigenvalue weighted by Gasteiger charge is -2.23. The third-order valence-electron chi connectivity index (χ3n) is 6.13. The van der Waals surface area contributed by atoms with Crippen molar-refractivity contribution in [3.63, 3.8) is 0 Å². The van der Waals surface area contributed by atoms with E-state index >= 15 is 0 Å². The summed E-state index contributed by atoms with van der Waals surface area (Å²) in [6, 6.07) is 8.25. The van der Waals surface area contributed by atoms with Crippen molar-refractivity contribution in [3.05, 3.63) is 35.5 Å². The molecule has 0 radical (unpaired) electrons. The number of nitrogens with zero attached hydrogens (tertiary/aromatic N) is 2. The third-order valence-corrected chi connectivity index (χ3v) is 6.13. The number of benzene rings is 1. The van der Waals surface area contributed by atoms with Crippen LogP contribution in [0.4, 0.5) is 5.69 Å². The van der Waals surface area contributed by atoms with Gasteiger partial charge < -0.3 is 5.32 Å². The number of hydrogen-bond acceptors (Lipinski definition) is 3. The molecule has 0 unspecified atom stereocenters. The SMILES string of the molecule is CCCCCN(CCCCC)CC(=O)Nc1c(CCC)c(CCCC)nc2ccccc12. The summed E-state index contributed by atoms with van der Waals surface area (Å²) in [5.41, 5.74) is 4.37. The fraction of sp³-hybridized carbons (Fsp3) is 0.643. The zero-order valence-corrected chi connectivity index (χ0v) is 21.0. The van der Waals surface area contributed by atoms with Crippen LogP contribution in [0.2, 0.25) is 0 Å². The summed E-state index contributed by atoms with van der Waals surface area (Å²) < 4.78 is 0. The van der Waals surface area contributed by atoms with Crippen LogP contribution in [0.25, 0.3) is 10.9 Å². The number of carbonyl (C=O) groups excluding carboxylic acids is 1. The Morgan fingerprint density at radius 1 is 0.844 bits per heavy atom. The number of fused-ring (bicyclic) bond motifs is 1. The van der Waals surface area contributed by atoms with Crippen LogP contribution in [0.15, 0.2) is 24.3 Å². The molecule has 1 aromatic carbocycles. The molecular weight excluding hydrogens is 394 g/mol. The zero-order chi connectivity index (χ0) is 23.2. The number of carbonyl (C=O) groups is 1. The first-order valence-corrected chi connectivity index (χ1v) is 13.1. The summed E-state index contributed by atoms with van der Waals surface area (Å²) >= 11 is 0. The molecule has 4 heteroatoms. The van der Waals surface area contributed by atoms with Crippen LogP contribution in [0.1, 0.15) is 96.7 Å². The second-order valence-electron chi connectivity index (χ2n) is 9.02. The van der Waals surface area contributed by atoms with E-state index in [1.807, 2.05) is 12.1 Å².